The van der Waals surface area contributed by atoms with Crippen molar-refractivity contribution in [2.24, 2.45) is 0 Å². The van der Waals surface area contributed by atoms with Crippen molar-refractivity contribution in [2.45, 2.75) is 26.1 Å². The summed E-state index contributed by atoms with van der Waals surface area (Å²) in [7, 11) is 0. The first kappa shape index (κ1) is 13.6. The van der Waals surface area contributed by atoms with E-state index in [1.54, 1.807) is 17.0 Å². The van der Waals surface area contributed by atoms with Gasteiger partial charge in [0.2, 0.25) is 5.95 Å². The van der Waals surface area contributed by atoms with Crippen molar-refractivity contribution >= 4 is 11.9 Å². The summed E-state index contributed by atoms with van der Waals surface area (Å²) in [4.78, 5) is 21.4. The van der Waals surface area contributed by atoms with Crippen LogP contribution in [0.1, 0.15) is 17.0 Å². The average Bonchev–Trinajstić information content (AvgIpc) is 2.85. The number of aromatic nitrogens is 3. The second kappa shape index (κ2) is 5.53. The molecule has 0 unspecified atom stereocenters. The fraction of sp³-hybridized carbons (Fsp3) is 0.357. The van der Waals surface area contributed by atoms with E-state index in [-0.39, 0.29) is 6.54 Å². The Morgan fingerprint density at radius 1 is 1.48 bits per heavy atom. The standard InChI is InChI=1S/C14H17N5O2/c15-14-16-6-10-7-18(5-3-12(10)17-14)8-11-2-1-4-19(11)9-13(20)21/h1-2,4,6H,3,5,7-9H2,(H,20,21)(H2,15,16,17). The van der Waals surface area contributed by atoms with Crippen molar-refractivity contribution in [3.63, 3.8) is 0 Å². The van der Waals surface area contributed by atoms with Crippen LogP contribution in [0.15, 0.2) is 24.5 Å². The summed E-state index contributed by atoms with van der Waals surface area (Å²) in [5, 5.41) is 8.91. The number of carbonyl (C=O) groups is 1. The van der Waals surface area contributed by atoms with Gasteiger partial charge in [0.25, 0.3) is 0 Å². The fourth-order valence-electron chi connectivity index (χ4n) is 2.65. The van der Waals surface area contributed by atoms with E-state index in [0.717, 1.165) is 36.5 Å². The van der Waals surface area contributed by atoms with Crippen LogP contribution < -0.4 is 5.73 Å². The zero-order valence-electron chi connectivity index (χ0n) is 11.6. The molecule has 2 aromatic rings. The third-order valence-corrected chi connectivity index (χ3v) is 3.65. The van der Waals surface area contributed by atoms with Gasteiger partial charge in [-0.15, -0.1) is 0 Å². The van der Waals surface area contributed by atoms with E-state index in [0.29, 0.717) is 12.5 Å². The molecule has 0 saturated carbocycles. The highest BCUT2D eigenvalue weighted by Crippen LogP contribution is 2.19. The van der Waals surface area contributed by atoms with Crippen LogP contribution in [0.3, 0.4) is 0 Å². The highest BCUT2D eigenvalue weighted by atomic mass is 16.4. The normalized spacial score (nSPS) is 14.9. The maximum Gasteiger partial charge on any atom is 0.323 e. The molecular weight excluding hydrogens is 270 g/mol. The summed E-state index contributed by atoms with van der Waals surface area (Å²) < 4.78 is 1.76. The first-order valence-corrected chi connectivity index (χ1v) is 6.80. The van der Waals surface area contributed by atoms with Crippen LogP contribution in [0, 0.1) is 0 Å². The van der Waals surface area contributed by atoms with Crippen LogP contribution in [0.25, 0.3) is 0 Å². The Labute approximate surface area is 122 Å². The lowest BCUT2D eigenvalue weighted by atomic mass is 10.1. The van der Waals surface area contributed by atoms with Gasteiger partial charge in [0.05, 0.1) is 5.69 Å². The van der Waals surface area contributed by atoms with Gasteiger partial charge >= 0.3 is 5.97 Å². The Balaban J connectivity index is 1.71. The predicted molar refractivity (Wildman–Crippen MR) is 76.3 cm³/mol. The van der Waals surface area contributed by atoms with E-state index in [9.17, 15) is 4.79 Å². The maximum absolute atomic E-state index is 10.8. The molecule has 0 atom stereocenters. The summed E-state index contributed by atoms with van der Waals surface area (Å²) in [5.41, 5.74) is 8.70. The fourth-order valence-corrected chi connectivity index (χ4v) is 2.65. The number of nitrogen functional groups attached to an aromatic ring is 1. The van der Waals surface area contributed by atoms with Gasteiger partial charge in [-0.05, 0) is 12.1 Å². The number of hydrogen-bond acceptors (Lipinski definition) is 5. The Morgan fingerprint density at radius 2 is 2.33 bits per heavy atom. The molecule has 0 aromatic carbocycles. The monoisotopic (exact) mass is 287 g/mol. The molecule has 0 saturated heterocycles. The Morgan fingerprint density at radius 3 is 3.14 bits per heavy atom. The maximum atomic E-state index is 10.8. The minimum Gasteiger partial charge on any atom is -0.480 e. The second-order valence-corrected chi connectivity index (χ2v) is 5.18. The van der Waals surface area contributed by atoms with Crippen molar-refractivity contribution in [1.29, 1.82) is 0 Å². The minimum absolute atomic E-state index is 0.00753. The molecule has 0 fully saturated rings. The van der Waals surface area contributed by atoms with Gasteiger partial charge < -0.3 is 15.4 Å². The van der Waals surface area contributed by atoms with Gasteiger partial charge in [0, 0.05) is 49.7 Å². The number of carboxylic acids is 1. The number of aliphatic carboxylic acids is 1. The van der Waals surface area contributed by atoms with Gasteiger partial charge in [-0.25, -0.2) is 9.97 Å². The lowest BCUT2D eigenvalue weighted by Crippen LogP contribution is -2.32. The number of rotatable bonds is 4. The molecule has 3 N–H and O–H groups in total. The first-order valence-electron chi connectivity index (χ1n) is 6.80. The number of anilines is 1. The summed E-state index contributed by atoms with van der Waals surface area (Å²) in [6.07, 6.45) is 4.41. The Bertz CT molecular complexity index is 667. The SMILES string of the molecule is Nc1ncc2c(n1)CCN(Cc1cccn1CC(=O)O)C2. The van der Waals surface area contributed by atoms with E-state index >= 15 is 0 Å². The quantitative estimate of drug-likeness (QED) is 0.850. The molecule has 2 aromatic heterocycles. The molecule has 0 bridgehead atoms. The van der Waals surface area contributed by atoms with Gasteiger partial charge in [-0.1, -0.05) is 0 Å². The Kier molecular flexibility index (Phi) is 3.57. The van der Waals surface area contributed by atoms with Crippen LogP contribution in [0.5, 0.6) is 0 Å². The number of nitrogens with two attached hydrogens (primary N) is 1. The highest BCUT2D eigenvalue weighted by molar-refractivity contribution is 5.66. The molecule has 110 valence electrons. The molecule has 3 rings (SSSR count). The summed E-state index contributed by atoms with van der Waals surface area (Å²) >= 11 is 0. The van der Waals surface area contributed by atoms with Crippen LogP contribution in [0.4, 0.5) is 5.95 Å². The van der Waals surface area contributed by atoms with Gasteiger partial charge in [-0.3, -0.25) is 9.69 Å². The number of hydrogen-bond donors (Lipinski definition) is 2. The lowest BCUT2D eigenvalue weighted by molar-refractivity contribution is -0.137. The molecule has 3 heterocycles. The molecule has 0 radical (unpaired) electrons. The number of nitrogens with zero attached hydrogens (tertiary/aromatic N) is 4. The zero-order valence-corrected chi connectivity index (χ0v) is 11.6. The van der Waals surface area contributed by atoms with E-state index in [1.807, 2.05) is 12.1 Å². The first-order chi connectivity index (χ1) is 10.1. The Hall–Kier alpha value is -2.41. The summed E-state index contributed by atoms with van der Waals surface area (Å²) in [6.45, 7) is 2.34. The van der Waals surface area contributed by atoms with Crippen molar-refractivity contribution < 1.29 is 9.90 Å². The molecule has 0 amide bonds. The van der Waals surface area contributed by atoms with Crippen molar-refractivity contribution in [3.8, 4) is 0 Å². The molecular formula is C14H17N5O2. The third-order valence-electron chi connectivity index (χ3n) is 3.65. The van der Waals surface area contributed by atoms with Crippen molar-refractivity contribution in [1.82, 2.24) is 19.4 Å². The van der Waals surface area contributed by atoms with E-state index in [1.165, 1.54) is 0 Å². The van der Waals surface area contributed by atoms with Crippen molar-refractivity contribution in [3.05, 3.63) is 41.5 Å². The summed E-state index contributed by atoms with van der Waals surface area (Å²) in [5.74, 6) is -0.516. The van der Waals surface area contributed by atoms with E-state index in [4.69, 9.17) is 10.8 Å². The number of carboxylic acid groups (broad SMARTS) is 1. The smallest absolute Gasteiger partial charge is 0.323 e. The molecule has 1 aliphatic heterocycles. The summed E-state index contributed by atoms with van der Waals surface area (Å²) in [6, 6.07) is 3.83. The highest BCUT2D eigenvalue weighted by Gasteiger charge is 2.19. The molecule has 21 heavy (non-hydrogen) atoms. The van der Waals surface area contributed by atoms with Crippen LogP contribution >= 0.6 is 0 Å². The van der Waals surface area contributed by atoms with Gasteiger partial charge in [0.15, 0.2) is 0 Å². The molecule has 7 heteroatoms. The van der Waals surface area contributed by atoms with Crippen LogP contribution in [0.2, 0.25) is 0 Å². The second-order valence-electron chi connectivity index (χ2n) is 5.18. The molecule has 0 spiro atoms. The van der Waals surface area contributed by atoms with Crippen LogP contribution in [-0.4, -0.2) is 37.1 Å². The molecule has 7 nitrogen and oxygen atoms in total. The van der Waals surface area contributed by atoms with Crippen molar-refractivity contribution in [2.75, 3.05) is 12.3 Å². The largest absolute Gasteiger partial charge is 0.480 e. The molecule has 0 aliphatic carbocycles. The molecule has 1 aliphatic rings. The van der Waals surface area contributed by atoms with E-state index in [2.05, 4.69) is 14.9 Å². The minimum atomic E-state index is -0.833. The topological polar surface area (TPSA) is 97.3 Å². The van der Waals surface area contributed by atoms with E-state index < -0.39 is 5.97 Å². The predicted octanol–water partition coefficient (Wildman–Crippen LogP) is 0.503. The van der Waals surface area contributed by atoms with Crippen LogP contribution in [-0.2, 0) is 30.8 Å². The average molecular weight is 287 g/mol. The van der Waals surface area contributed by atoms with Gasteiger partial charge in [-0.2, -0.15) is 0 Å². The van der Waals surface area contributed by atoms with Gasteiger partial charge in [0.1, 0.15) is 6.54 Å². The zero-order chi connectivity index (χ0) is 14.8. The number of fused-ring (bicyclic) bond motifs is 1. The lowest BCUT2D eigenvalue weighted by Gasteiger charge is -2.28. The third kappa shape index (κ3) is 3.03.